The minimum Gasteiger partial charge on any atom is -0.478 e. The van der Waals surface area contributed by atoms with Crippen molar-refractivity contribution in [3.8, 4) is 5.75 Å². The molecule has 1 aliphatic heterocycles. The predicted octanol–water partition coefficient (Wildman–Crippen LogP) is 1.41. The summed E-state index contributed by atoms with van der Waals surface area (Å²) >= 11 is 0. The smallest absolute Gasteiger partial charge is 0.337 e. The maximum Gasteiger partial charge on any atom is 0.337 e. The van der Waals surface area contributed by atoms with Gasteiger partial charge in [-0.3, -0.25) is 5.10 Å². The lowest BCUT2D eigenvalue weighted by Gasteiger charge is -2.02. The van der Waals surface area contributed by atoms with E-state index in [0.29, 0.717) is 11.3 Å². The van der Waals surface area contributed by atoms with Gasteiger partial charge in [-0.2, -0.15) is 5.10 Å². The van der Waals surface area contributed by atoms with Gasteiger partial charge in [-0.1, -0.05) is 5.16 Å². The molecule has 17 heavy (non-hydrogen) atoms. The van der Waals surface area contributed by atoms with Crippen LogP contribution in [0.4, 0.5) is 0 Å². The van der Waals surface area contributed by atoms with Crippen molar-refractivity contribution in [2.45, 2.75) is 0 Å². The molecule has 3 rings (SSSR count). The van der Waals surface area contributed by atoms with Crippen LogP contribution in [0.15, 0.2) is 29.1 Å². The first-order valence-corrected chi connectivity index (χ1v) is 4.87. The molecule has 0 radical (unpaired) electrons. The molecule has 1 aromatic carbocycles. The minimum absolute atomic E-state index is 0.0610. The molecule has 0 spiro atoms. The summed E-state index contributed by atoms with van der Waals surface area (Å²) < 4.78 is 0. The molecule has 0 atom stereocenters. The largest absolute Gasteiger partial charge is 0.478 e. The first kappa shape index (κ1) is 9.59. The van der Waals surface area contributed by atoms with Crippen molar-refractivity contribution >= 4 is 29.2 Å². The Balaban J connectivity index is 2.31. The Bertz CT molecular complexity index is 670. The van der Waals surface area contributed by atoms with Gasteiger partial charge >= 0.3 is 5.97 Å². The van der Waals surface area contributed by atoms with Crippen LogP contribution < -0.4 is 4.84 Å². The molecule has 0 unspecified atom stereocenters. The van der Waals surface area contributed by atoms with Crippen molar-refractivity contribution in [1.82, 2.24) is 10.2 Å². The summed E-state index contributed by atoms with van der Waals surface area (Å²) in [5, 5.41) is 20.2. The molecule has 0 bridgehead atoms. The topological polar surface area (TPSA) is 87.6 Å². The van der Waals surface area contributed by atoms with Crippen LogP contribution in [0.2, 0.25) is 0 Å². The van der Waals surface area contributed by atoms with E-state index in [1.165, 1.54) is 12.3 Å². The monoisotopic (exact) mass is 229 g/mol. The third-order valence-corrected chi connectivity index (χ3v) is 2.51. The van der Waals surface area contributed by atoms with Gasteiger partial charge in [-0.25, -0.2) is 4.79 Å². The summed E-state index contributed by atoms with van der Waals surface area (Å²) in [6.07, 6.45) is 4.34. The summed E-state index contributed by atoms with van der Waals surface area (Å²) in [4.78, 5) is 16.1. The third-order valence-electron chi connectivity index (χ3n) is 2.51. The minimum atomic E-state index is -1.05. The van der Waals surface area contributed by atoms with Crippen molar-refractivity contribution in [2.75, 3.05) is 0 Å². The molecule has 0 amide bonds. The van der Waals surface area contributed by atoms with Crippen molar-refractivity contribution in [1.29, 1.82) is 0 Å². The van der Waals surface area contributed by atoms with Gasteiger partial charge in [0.25, 0.3) is 0 Å². The number of aromatic amines is 1. The zero-order chi connectivity index (χ0) is 11.8. The SMILES string of the molecule is O=C(O)C1=Cc2c(ccc3cn[nH]c23)ON=C1. The maximum absolute atomic E-state index is 11.0. The second-order valence-corrected chi connectivity index (χ2v) is 3.54. The van der Waals surface area contributed by atoms with Gasteiger partial charge in [-0.15, -0.1) is 0 Å². The maximum atomic E-state index is 11.0. The molecular formula is C11H7N3O3. The van der Waals surface area contributed by atoms with Gasteiger partial charge in [0.1, 0.15) is 0 Å². The summed E-state index contributed by atoms with van der Waals surface area (Å²) in [6, 6.07) is 3.55. The third kappa shape index (κ3) is 1.46. The van der Waals surface area contributed by atoms with Crippen LogP contribution in [0.3, 0.4) is 0 Å². The van der Waals surface area contributed by atoms with Crippen molar-refractivity contribution in [3.63, 3.8) is 0 Å². The number of nitrogens with zero attached hydrogens (tertiary/aromatic N) is 2. The lowest BCUT2D eigenvalue weighted by Crippen LogP contribution is -2.00. The fourth-order valence-corrected chi connectivity index (χ4v) is 1.69. The predicted molar refractivity (Wildman–Crippen MR) is 60.8 cm³/mol. The highest BCUT2D eigenvalue weighted by Crippen LogP contribution is 2.30. The first-order valence-electron chi connectivity index (χ1n) is 4.87. The van der Waals surface area contributed by atoms with Gasteiger partial charge in [0.2, 0.25) is 0 Å². The zero-order valence-electron chi connectivity index (χ0n) is 8.54. The molecule has 0 aliphatic carbocycles. The van der Waals surface area contributed by atoms with Crippen LogP contribution >= 0.6 is 0 Å². The molecular weight excluding hydrogens is 222 g/mol. The number of fused-ring (bicyclic) bond motifs is 3. The van der Waals surface area contributed by atoms with E-state index in [2.05, 4.69) is 15.4 Å². The lowest BCUT2D eigenvalue weighted by atomic mass is 10.1. The number of nitrogens with one attached hydrogen (secondary N) is 1. The number of aliphatic carboxylic acids is 1. The van der Waals surface area contributed by atoms with E-state index < -0.39 is 5.97 Å². The summed E-state index contributed by atoms with van der Waals surface area (Å²) in [5.41, 5.74) is 1.42. The van der Waals surface area contributed by atoms with E-state index in [0.717, 1.165) is 10.9 Å². The van der Waals surface area contributed by atoms with Gasteiger partial charge in [0.15, 0.2) is 5.75 Å². The number of rotatable bonds is 1. The Morgan fingerprint density at radius 1 is 1.41 bits per heavy atom. The van der Waals surface area contributed by atoms with E-state index in [9.17, 15) is 4.79 Å². The van der Waals surface area contributed by atoms with E-state index in [1.54, 1.807) is 12.3 Å². The molecule has 2 heterocycles. The number of hydrogen-bond donors (Lipinski definition) is 2. The number of aromatic nitrogens is 2. The highest BCUT2D eigenvalue weighted by atomic mass is 16.6. The van der Waals surface area contributed by atoms with Gasteiger partial charge in [0, 0.05) is 10.9 Å². The summed E-state index contributed by atoms with van der Waals surface area (Å²) in [7, 11) is 0. The highest BCUT2D eigenvalue weighted by molar-refractivity contribution is 6.14. The van der Waals surface area contributed by atoms with E-state index in [-0.39, 0.29) is 5.57 Å². The van der Waals surface area contributed by atoms with Crippen LogP contribution in [-0.2, 0) is 4.79 Å². The Kier molecular flexibility index (Phi) is 1.94. The fraction of sp³-hybridized carbons (Fsp3) is 0. The van der Waals surface area contributed by atoms with Crippen molar-refractivity contribution < 1.29 is 14.7 Å². The second kappa shape index (κ2) is 3.44. The quantitative estimate of drug-likeness (QED) is 0.773. The molecule has 0 fully saturated rings. The van der Waals surface area contributed by atoms with Crippen LogP contribution in [0.1, 0.15) is 5.56 Å². The van der Waals surface area contributed by atoms with Crippen LogP contribution in [-0.4, -0.2) is 27.5 Å². The normalized spacial score (nSPS) is 13.8. The second-order valence-electron chi connectivity index (χ2n) is 3.54. The van der Waals surface area contributed by atoms with E-state index in [4.69, 9.17) is 9.94 Å². The molecule has 84 valence electrons. The Morgan fingerprint density at radius 2 is 2.29 bits per heavy atom. The average molecular weight is 229 g/mol. The summed E-state index contributed by atoms with van der Waals surface area (Å²) in [6.45, 7) is 0. The van der Waals surface area contributed by atoms with Crippen molar-refractivity contribution in [3.05, 3.63) is 29.5 Å². The first-order chi connectivity index (χ1) is 8.25. The molecule has 6 nitrogen and oxygen atoms in total. The highest BCUT2D eigenvalue weighted by Gasteiger charge is 2.15. The Labute approximate surface area is 95.2 Å². The molecule has 0 saturated heterocycles. The van der Waals surface area contributed by atoms with Crippen LogP contribution in [0, 0.1) is 0 Å². The van der Waals surface area contributed by atoms with Crippen LogP contribution in [0.5, 0.6) is 5.75 Å². The number of carboxylic acid groups (broad SMARTS) is 1. The molecule has 6 heteroatoms. The van der Waals surface area contributed by atoms with Crippen LogP contribution in [0.25, 0.3) is 17.0 Å². The van der Waals surface area contributed by atoms with E-state index >= 15 is 0 Å². The Hall–Kier alpha value is -2.63. The lowest BCUT2D eigenvalue weighted by molar-refractivity contribution is -0.131. The summed E-state index contributed by atoms with van der Waals surface area (Å²) in [5.74, 6) is -0.559. The van der Waals surface area contributed by atoms with Crippen molar-refractivity contribution in [2.24, 2.45) is 5.16 Å². The molecule has 1 aliphatic rings. The molecule has 1 aromatic heterocycles. The molecule has 2 N–H and O–H groups in total. The van der Waals surface area contributed by atoms with Gasteiger partial charge in [0.05, 0.1) is 23.5 Å². The average Bonchev–Trinajstić information content (AvgIpc) is 2.67. The fourth-order valence-electron chi connectivity index (χ4n) is 1.69. The standard InChI is InChI=1S/C11H7N3O3/c15-11(16)7-3-8-9(17-13-5-7)2-1-6-4-12-14-10(6)8/h1-5H,(H,12,14)(H,15,16). The number of carbonyl (C=O) groups is 1. The van der Waals surface area contributed by atoms with Gasteiger partial charge in [-0.05, 0) is 18.2 Å². The number of hydrogen-bond acceptors (Lipinski definition) is 4. The molecule has 2 aromatic rings. The zero-order valence-corrected chi connectivity index (χ0v) is 8.54. The van der Waals surface area contributed by atoms with E-state index in [1.807, 2.05) is 6.07 Å². The number of oxime groups is 1. The number of benzene rings is 1. The number of carboxylic acids is 1. The molecule has 0 saturated carbocycles. The Morgan fingerprint density at radius 3 is 3.12 bits per heavy atom. The van der Waals surface area contributed by atoms with Gasteiger partial charge < -0.3 is 9.94 Å². The number of H-pyrrole nitrogens is 1.